The van der Waals surface area contributed by atoms with Gasteiger partial charge in [-0.05, 0) is 49.6 Å². The predicted octanol–water partition coefficient (Wildman–Crippen LogP) is 4.64. The number of aryl methyl sites for hydroxylation is 1. The monoisotopic (exact) mass is 338 g/mol. The van der Waals surface area contributed by atoms with E-state index in [1.807, 2.05) is 43.3 Å². The van der Waals surface area contributed by atoms with Gasteiger partial charge in [0, 0.05) is 17.6 Å². The Labute approximate surface area is 149 Å². The second-order valence-electron chi connectivity index (χ2n) is 6.89. The Morgan fingerprint density at radius 1 is 1.04 bits per heavy atom. The first-order chi connectivity index (χ1) is 12.1. The minimum atomic E-state index is -0.149. The van der Waals surface area contributed by atoms with Crippen molar-refractivity contribution < 1.29 is 9.53 Å². The van der Waals surface area contributed by atoms with E-state index in [1.165, 1.54) is 24.0 Å². The number of carbonyl (C=O) groups excluding carboxylic acids is 1. The number of hydrogen-bond acceptors (Lipinski definition) is 2. The van der Waals surface area contributed by atoms with Gasteiger partial charge in [-0.2, -0.15) is 0 Å². The smallest absolute Gasteiger partial charge is 0.319 e. The van der Waals surface area contributed by atoms with Crippen molar-refractivity contribution in [2.45, 2.75) is 38.0 Å². The van der Waals surface area contributed by atoms with Crippen LogP contribution in [0.15, 0.2) is 48.5 Å². The Balaban J connectivity index is 1.65. The highest BCUT2D eigenvalue weighted by Gasteiger charge is 2.35. The van der Waals surface area contributed by atoms with Gasteiger partial charge >= 0.3 is 6.03 Å². The molecule has 0 unspecified atom stereocenters. The molecular weight excluding hydrogens is 312 g/mol. The van der Waals surface area contributed by atoms with E-state index in [2.05, 4.69) is 22.8 Å². The third kappa shape index (κ3) is 4.13. The lowest BCUT2D eigenvalue weighted by Gasteiger charge is -2.30. The zero-order valence-corrected chi connectivity index (χ0v) is 15.0. The zero-order valence-electron chi connectivity index (χ0n) is 15.0. The van der Waals surface area contributed by atoms with Crippen LogP contribution < -0.4 is 15.4 Å². The number of methoxy groups -OCH3 is 1. The molecule has 1 fully saturated rings. The third-order valence-corrected chi connectivity index (χ3v) is 5.16. The van der Waals surface area contributed by atoms with Gasteiger partial charge in [0.1, 0.15) is 5.75 Å². The van der Waals surface area contributed by atoms with Crippen LogP contribution in [-0.4, -0.2) is 19.7 Å². The first kappa shape index (κ1) is 17.3. The molecule has 0 heterocycles. The fourth-order valence-corrected chi connectivity index (χ4v) is 3.63. The molecule has 25 heavy (non-hydrogen) atoms. The van der Waals surface area contributed by atoms with Crippen molar-refractivity contribution >= 4 is 11.7 Å². The summed E-state index contributed by atoms with van der Waals surface area (Å²) in [5.41, 5.74) is 3.29. The van der Waals surface area contributed by atoms with Gasteiger partial charge in [0.2, 0.25) is 0 Å². The molecule has 2 N–H and O–H groups in total. The van der Waals surface area contributed by atoms with Gasteiger partial charge in [-0.25, -0.2) is 4.79 Å². The Kier molecular flexibility index (Phi) is 5.27. The van der Waals surface area contributed by atoms with Crippen LogP contribution in [0.5, 0.6) is 5.75 Å². The summed E-state index contributed by atoms with van der Waals surface area (Å²) in [6, 6.07) is 15.9. The predicted molar refractivity (Wildman–Crippen MR) is 101 cm³/mol. The van der Waals surface area contributed by atoms with E-state index in [4.69, 9.17) is 4.74 Å². The molecule has 1 aliphatic rings. The summed E-state index contributed by atoms with van der Waals surface area (Å²) in [6.45, 7) is 2.68. The maximum atomic E-state index is 12.3. The van der Waals surface area contributed by atoms with Crippen molar-refractivity contribution in [3.8, 4) is 5.75 Å². The Morgan fingerprint density at radius 3 is 2.28 bits per heavy atom. The summed E-state index contributed by atoms with van der Waals surface area (Å²) in [6.07, 6.45) is 4.61. The number of ether oxygens (including phenoxy) is 1. The van der Waals surface area contributed by atoms with Crippen molar-refractivity contribution in [3.05, 3.63) is 59.7 Å². The topological polar surface area (TPSA) is 50.4 Å². The summed E-state index contributed by atoms with van der Waals surface area (Å²) in [5.74, 6) is 0.863. The Morgan fingerprint density at radius 2 is 1.68 bits per heavy atom. The SMILES string of the molecule is COc1ccc(C2(CNC(=O)Nc3ccc(C)cc3)CCCC2)cc1. The minimum absolute atomic E-state index is 0.0247. The summed E-state index contributed by atoms with van der Waals surface area (Å²) < 4.78 is 5.26. The summed E-state index contributed by atoms with van der Waals surface area (Å²) in [4.78, 5) is 12.3. The highest BCUT2D eigenvalue weighted by molar-refractivity contribution is 5.89. The van der Waals surface area contributed by atoms with Gasteiger partial charge in [0.15, 0.2) is 0 Å². The Hall–Kier alpha value is -2.49. The van der Waals surface area contributed by atoms with Crippen molar-refractivity contribution in [2.24, 2.45) is 0 Å². The average molecular weight is 338 g/mol. The molecule has 3 rings (SSSR count). The highest BCUT2D eigenvalue weighted by Crippen LogP contribution is 2.41. The minimum Gasteiger partial charge on any atom is -0.497 e. The lowest BCUT2D eigenvalue weighted by Crippen LogP contribution is -2.40. The van der Waals surface area contributed by atoms with Crippen LogP contribution in [0, 0.1) is 6.92 Å². The molecule has 0 atom stereocenters. The lowest BCUT2D eigenvalue weighted by molar-refractivity contribution is 0.248. The van der Waals surface area contributed by atoms with Gasteiger partial charge in [0.05, 0.1) is 7.11 Å². The van der Waals surface area contributed by atoms with Crippen molar-refractivity contribution in [2.75, 3.05) is 19.0 Å². The van der Waals surface area contributed by atoms with Gasteiger partial charge < -0.3 is 15.4 Å². The molecule has 2 aromatic rings. The number of hydrogen-bond donors (Lipinski definition) is 2. The average Bonchev–Trinajstić information content (AvgIpc) is 3.12. The van der Waals surface area contributed by atoms with Crippen LogP contribution in [0.3, 0.4) is 0 Å². The van der Waals surface area contributed by atoms with E-state index >= 15 is 0 Å². The lowest BCUT2D eigenvalue weighted by atomic mass is 9.79. The maximum Gasteiger partial charge on any atom is 0.319 e. The molecule has 0 saturated heterocycles. The number of nitrogens with one attached hydrogen (secondary N) is 2. The van der Waals surface area contributed by atoms with Crippen molar-refractivity contribution in [1.29, 1.82) is 0 Å². The van der Waals surface area contributed by atoms with Gasteiger partial charge in [-0.15, -0.1) is 0 Å². The molecule has 4 nitrogen and oxygen atoms in total. The molecule has 0 spiro atoms. The van der Waals surface area contributed by atoms with Crippen molar-refractivity contribution in [3.63, 3.8) is 0 Å². The largest absolute Gasteiger partial charge is 0.497 e. The van der Waals surface area contributed by atoms with Crippen LogP contribution in [0.2, 0.25) is 0 Å². The summed E-state index contributed by atoms with van der Waals surface area (Å²) in [5, 5.41) is 5.98. The van der Waals surface area contributed by atoms with Crippen LogP contribution >= 0.6 is 0 Å². The number of anilines is 1. The van der Waals surface area contributed by atoms with Gasteiger partial charge in [-0.3, -0.25) is 0 Å². The second kappa shape index (κ2) is 7.60. The van der Waals surface area contributed by atoms with E-state index in [0.717, 1.165) is 24.3 Å². The Bertz CT molecular complexity index is 702. The van der Waals surface area contributed by atoms with Crippen LogP contribution in [0.4, 0.5) is 10.5 Å². The molecule has 1 aliphatic carbocycles. The third-order valence-electron chi connectivity index (χ3n) is 5.16. The van der Waals surface area contributed by atoms with Crippen LogP contribution in [0.25, 0.3) is 0 Å². The molecule has 4 heteroatoms. The zero-order chi connectivity index (χ0) is 17.7. The molecule has 2 aromatic carbocycles. The molecule has 0 radical (unpaired) electrons. The van der Waals surface area contributed by atoms with E-state index < -0.39 is 0 Å². The first-order valence-corrected chi connectivity index (χ1v) is 8.87. The van der Waals surface area contributed by atoms with Crippen LogP contribution in [-0.2, 0) is 5.41 Å². The number of rotatable bonds is 5. The van der Waals surface area contributed by atoms with E-state index in [-0.39, 0.29) is 11.4 Å². The normalized spacial score (nSPS) is 15.6. The van der Waals surface area contributed by atoms with E-state index in [0.29, 0.717) is 6.54 Å². The molecule has 0 aromatic heterocycles. The quantitative estimate of drug-likeness (QED) is 0.834. The number of carbonyl (C=O) groups is 1. The molecule has 2 amide bonds. The molecule has 0 bridgehead atoms. The van der Waals surface area contributed by atoms with Gasteiger partial charge in [-0.1, -0.05) is 42.7 Å². The maximum absolute atomic E-state index is 12.3. The van der Waals surface area contributed by atoms with Crippen LogP contribution in [0.1, 0.15) is 36.8 Å². The van der Waals surface area contributed by atoms with Crippen molar-refractivity contribution in [1.82, 2.24) is 5.32 Å². The fraction of sp³-hybridized carbons (Fsp3) is 0.381. The first-order valence-electron chi connectivity index (χ1n) is 8.87. The molecule has 1 saturated carbocycles. The molecule has 0 aliphatic heterocycles. The number of amides is 2. The number of urea groups is 1. The van der Waals surface area contributed by atoms with Gasteiger partial charge in [0.25, 0.3) is 0 Å². The molecule has 132 valence electrons. The standard InChI is InChI=1S/C21H26N2O2/c1-16-5-9-18(10-6-16)23-20(24)22-15-21(13-3-4-14-21)17-7-11-19(25-2)12-8-17/h5-12H,3-4,13-15H2,1-2H3,(H2,22,23,24). The summed E-state index contributed by atoms with van der Waals surface area (Å²) in [7, 11) is 1.68. The summed E-state index contributed by atoms with van der Waals surface area (Å²) >= 11 is 0. The fourth-order valence-electron chi connectivity index (χ4n) is 3.63. The van der Waals surface area contributed by atoms with E-state index in [1.54, 1.807) is 7.11 Å². The highest BCUT2D eigenvalue weighted by atomic mass is 16.5. The number of benzene rings is 2. The second-order valence-corrected chi connectivity index (χ2v) is 6.89. The molecular formula is C21H26N2O2. The van der Waals surface area contributed by atoms with E-state index in [9.17, 15) is 4.79 Å².